The van der Waals surface area contributed by atoms with Crippen molar-refractivity contribution in [3.63, 3.8) is 0 Å². The average Bonchev–Trinajstić information content (AvgIpc) is 3.23. The highest BCUT2D eigenvalue weighted by atomic mass is 19.1. The SMILES string of the molecule is COCCN1C(=O)CNc2ncc(-c3cc(F)c(-c4nc[nH]n4)cc3C)nc21. The number of hydrogen-bond acceptors (Lipinski definition) is 7. The van der Waals surface area contributed by atoms with Gasteiger partial charge in [0.15, 0.2) is 17.5 Å². The standard InChI is InChI=1S/C18H18FN7O2/c1-10-5-12(16-22-9-23-25-16)13(19)6-11(10)14-7-20-17-18(24-14)26(3-4-28-2)15(27)8-21-17/h5-7,9H,3-4,8H2,1-2H3,(H,20,21)(H,22,23,25). The number of hydrogen-bond donors (Lipinski definition) is 2. The number of methoxy groups -OCH3 is 1. The Morgan fingerprint density at radius 1 is 1.29 bits per heavy atom. The van der Waals surface area contributed by atoms with Gasteiger partial charge in [0.1, 0.15) is 12.1 Å². The first-order valence-corrected chi connectivity index (χ1v) is 8.65. The van der Waals surface area contributed by atoms with E-state index in [9.17, 15) is 9.18 Å². The molecule has 0 saturated heterocycles. The van der Waals surface area contributed by atoms with E-state index in [1.165, 1.54) is 17.3 Å². The number of aromatic nitrogens is 5. The first kappa shape index (κ1) is 18.0. The lowest BCUT2D eigenvalue weighted by Gasteiger charge is -2.28. The number of carbonyl (C=O) groups excluding carboxylic acids is 1. The number of carbonyl (C=O) groups is 1. The van der Waals surface area contributed by atoms with E-state index >= 15 is 0 Å². The molecule has 10 heteroatoms. The Labute approximate surface area is 160 Å². The van der Waals surface area contributed by atoms with Crippen LogP contribution in [0.25, 0.3) is 22.6 Å². The van der Waals surface area contributed by atoms with Gasteiger partial charge in [-0.05, 0) is 24.6 Å². The molecule has 1 amide bonds. The molecule has 0 saturated carbocycles. The number of fused-ring (bicyclic) bond motifs is 1. The molecule has 2 aromatic heterocycles. The predicted octanol–water partition coefficient (Wildman–Crippen LogP) is 1.78. The van der Waals surface area contributed by atoms with Gasteiger partial charge < -0.3 is 10.1 Å². The maximum absolute atomic E-state index is 14.7. The average molecular weight is 383 g/mol. The molecule has 0 atom stereocenters. The van der Waals surface area contributed by atoms with Crippen LogP contribution >= 0.6 is 0 Å². The number of nitrogens with one attached hydrogen (secondary N) is 2. The van der Waals surface area contributed by atoms with Crippen molar-refractivity contribution in [2.24, 2.45) is 0 Å². The van der Waals surface area contributed by atoms with Crippen molar-refractivity contribution >= 4 is 17.5 Å². The van der Waals surface area contributed by atoms with E-state index in [2.05, 4.69) is 30.5 Å². The summed E-state index contributed by atoms with van der Waals surface area (Å²) in [4.78, 5) is 26.7. The third-order valence-electron chi connectivity index (χ3n) is 4.48. The molecule has 3 heterocycles. The lowest BCUT2D eigenvalue weighted by Crippen LogP contribution is -2.42. The summed E-state index contributed by atoms with van der Waals surface area (Å²) < 4.78 is 19.8. The quantitative estimate of drug-likeness (QED) is 0.691. The summed E-state index contributed by atoms with van der Waals surface area (Å²) in [6, 6.07) is 3.05. The molecule has 144 valence electrons. The number of aromatic amines is 1. The molecule has 1 aromatic carbocycles. The van der Waals surface area contributed by atoms with E-state index in [1.807, 2.05) is 6.92 Å². The van der Waals surface area contributed by atoms with Crippen LogP contribution in [0, 0.1) is 12.7 Å². The zero-order valence-electron chi connectivity index (χ0n) is 15.4. The maximum Gasteiger partial charge on any atom is 0.247 e. The smallest absolute Gasteiger partial charge is 0.247 e. The molecule has 0 fully saturated rings. The molecule has 28 heavy (non-hydrogen) atoms. The number of aryl methyl sites for hydroxylation is 1. The third-order valence-corrected chi connectivity index (χ3v) is 4.48. The highest BCUT2D eigenvalue weighted by Gasteiger charge is 2.27. The van der Waals surface area contributed by atoms with Crippen LogP contribution in [-0.4, -0.2) is 57.9 Å². The summed E-state index contributed by atoms with van der Waals surface area (Å²) in [5.41, 5.74) is 2.13. The topological polar surface area (TPSA) is 109 Å². The number of halogens is 1. The molecule has 0 spiro atoms. The molecule has 2 N–H and O–H groups in total. The van der Waals surface area contributed by atoms with Crippen LogP contribution in [0.1, 0.15) is 5.56 Å². The Morgan fingerprint density at radius 3 is 2.89 bits per heavy atom. The molecule has 4 rings (SSSR count). The van der Waals surface area contributed by atoms with Gasteiger partial charge in [0, 0.05) is 12.7 Å². The van der Waals surface area contributed by atoms with Crippen LogP contribution in [0.4, 0.5) is 16.0 Å². The van der Waals surface area contributed by atoms with Crippen LogP contribution in [-0.2, 0) is 9.53 Å². The predicted molar refractivity (Wildman–Crippen MR) is 100 cm³/mol. The molecular formula is C18H18FN7O2. The third kappa shape index (κ3) is 3.18. The van der Waals surface area contributed by atoms with Gasteiger partial charge in [0.25, 0.3) is 0 Å². The lowest BCUT2D eigenvalue weighted by molar-refractivity contribution is -0.117. The van der Waals surface area contributed by atoms with E-state index in [0.29, 0.717) is 41.6 Å². The zero-order chi connectivity index (χ0) is 19.7. The summed E-state index contributed by atoms with van der Waals surface area (Å²) in [7, 11) is 1.57. The number of ether oxygens (including phenoxy) is 1. The number of rotatable bonds is 5. The normalized spacial score (nSPS) is 13.4. The first-order valence-electron chi connectivity index (χ1n) is 8.65. The van der Waals surface area contributed by atoms with Crippen molar-refractivity contribution in [1.29, 1.82) is 0 Å². The van der Waals surface area contributed by atoms with E-state index in [4.69, 9.17) is 4.74 Å². The van der Waals surface area contributed by atoms with Gasteiger partial charge >= 0.3 is 0 Å². The fourth-order valence-electron chi connectivity index (χ4n) is 3.08. The van der Waals surface area contributed by atoms with Crippen LogP contribution in [0.2, 0.25) is 0 Å². The number of anilines is 2. The minimum absolute atomic E-state index is 0.126. The van der Waals surface area contributed by atoms with Crippen LogP contribution in [0.5, 0.6) is 0 Å². The van der Waals surface area contributed by atoms with Gasteiger partial charge in [-0.25, -0.2) is 19.3 Å². The maximum atomic E-state index is 14.7. The van der Waals surface area contributed by atoms with Crippen molar-refractivity contribution in [3.8, 4) is 22.6 Å². The van der Waals surface area contributed by atoms with Gasteiger partial charge in [-0.1, -0.05) is 0 Å². The van der Waals surface area contributed by atoms with Gasteiger partial charge in [-0.2, -0.15) is 5.10 Å². The summed E-state index contributed by atoms with van der Waals surface area (Å²) in [5.74, 6) is 0.604. The highest BCUT2D eigenvalue weighted by Crippen LogP contribution is 2.32. The van der Waals surface area contributed by atoms with Crippen molar-refractivity contribution in [2.75, 3.05) is 37.0 Å². The van der Waals surface area contributed by atoms with Crippen molar-refractivity contribution < 1.29 is 13.9 Å². The number of amides is 1. The Balaban J connectivity index is 1.75. The van der Waals surface area contributed by atoms with Gasteiger partial charge in [-0.15, -0.1) is 0 Å². The Hall–Kier alpha value is -3.40. The minimum Gasteiger partial charge on any atom is -0.383 e. The first-order chi connectivity index (χ1) is 13.6. The molecule has 0 aliphatic carbocycles. The van der Waals surface area contributed by atoms with Crippen LogP contribution in [0.15, 0.2) is 24.7 Å². The summed E-state index contributed by atoms with van der Waals surface area (Å²) in [5, 5.41) is 9.45. The highest BCUT2D eigenvalue weighted by molar-refractivity contribution is 6.00. The van der Waals surface area contributed by atoms with E-state index in [-0.39, 0.29) is 18.3 Å². The van der Waals surface area contributed by atoms with Crippen molar-refractivity contribution in [1.82, 2.24) is 25.1 Å². The fourth-order valence-corrected chi connectivity index (χ4v) is 3.08. The zero-order valence-corrected chi connectivity index (χ0v) is 15.4. The second-order valence-electron chi connectivity index (χ2n) is 6.29. The molecule has 0 radical (unpaired) electrons. The monoisotopic (exact) mass is 383 g/mol. The molecule has 0 bridgehead atoms. The minimum atomic E-state index is -0.467. The van der Waals surface area contributed by atoms with Crippen molar-refractivity contribution in [2.45, 2.75) is 6.92 Å². The van der Waals surface area contributed by atoms with Gasteiger partial charge in [-0.3, -0.25) is 14.8 Å². The van der Waals surface area contributed by atoms with E-state index < -0.39 is 5.82 Å². The van der Waals surface area contributed by atoms with Crippen LogP contribution < -0.4 is 10.2 Å². The largest absolute Gasteiger partial charge is 0.383 e. The second kappa shape index (κ2) is 7.31. The molecular weight excluding hydrogens is 365 g/mol. The number of nitrogens with zero attached hydrogens (tertiary/aromatic N) is 5. The summed E-state index contributed by atoms with van der Waals surface area (Å²) in [6.45, 7) is 2.72. The molecule has 3 aromatic rings. The Morgan fingerprint density at radius 2 is 2.14 bits per heavy atom. The van der Waals surface area contributed by atoms with E-state index in [1.54, 1.807) is 19.4 Å². The summed E-state index contributed by atoms with van der Waals surface area (Å²) >= 11 is 0. The van der Waals surface area contributed by atoms with E-state index in [0.717, 1.165) is 5.56 Å². The van der Waals surface area contributed by atoms with Crippen LogP contribution in [0.3, 0.4) is 0 Å². The van der Waals surface area contributed by atoms with Crippen molar-refractivity contribution in [3.05, 3.63) is 36.0 Å². The second-order valence-corrected chi connectivity index (χ2v) is 6.29. The lowest BCUT2D eigenvalue weighted by atomic mass is 10.0. The van der Waals surface area contributed by atoms with Gasteiger partial charge in [0.2, 0.25) is 5.91 Å². The van der Waals surface area contributed by atoms with Gasteiger partial charge in [0.05, 0.1) is 37.2 Å². The number of H-pyrrole nitrogens is 1. The molecule has 0 unspecified atom stereocenters. The Kier molecular flexibility index (Phi) is 4.70. The summed E-state index contributed by atoms with van der Waals surface area (Å²) in [6.07, 6.45) is 2.95. The molecule has 1 aliphatic rings. The molecule has 1 aliphatic heterocycles. The Bertz CT molecular complexity index is 1020. The fraction of sp³-hybridized carbons (Fsp3) is 0.278. The molecule has 9 nitrogen and oxygen atoms in total. The number of benzene rings is 1.